The van der Waals surface area contributed by atoms with Crippen molar-refractivity contribution in [2.75, 3.05) is 23.5 Å². The number of methoxy groups -OCH3 is 1. The van der Waals surface area contributed by atoms with Crippen LogP contribution in [0.5, 0.6) is 0 Å². The molecule has 0 atom stereocenters. The van der Waals surface area contributed by atoms with Crippen LogP contribution in [-0.2, 0) is 9.53 Å². The van der Waals surface area contributed by atoms with Crippen LogP contribution in [0, 0.1) is 6.92 Å². The summed E-state index contributed by atoms with van der Waals surface area (Å²) in [5.41, 5.74) is 2.57. The minimum atomic E-state index is -0.439. The average molecular weight is 436 g/mol. The van der Waals surface area contributed by atoms with Gasteiger partial charge in [0, 0.05) is 11.3 Å². The number of rotatable bonds is 7. The van der Waals surface area contributed by atoms with Gasteiger partial charge in [-0.05, 0) is 55.5 Å². The highest BCUT2D eigenvalue weighted by Gasteiger charge is 2.09. The molecule has 2 N–H and O–H groups in total. The van der Waals surface area contributed by atoms with E-state index in [1.54, 1.807) is 48.5 Å². The third-order valence-electron chi connectivity index (χ3n) is 4.14. The molecule has 0 aliphatic heterocycles. The fourth-order valence-corrected chi connectivity index (χ4v) is 3.12. The molecule has 3 aromatic rings. The van der Waals surface area contributed by atoms with Crippen LogP contribution in [0.4, 0.5) is 11.5 Å². The maximum absolute atomic E-state index is 12.2. The summed E-state index contributed by atoms with van der Waals surface area (Å²) in [6, 6.07) is 16.9. The average Bonchev–Trinajstić information content (AvgIpc) is 2.79. The van der Waals surface area contributed by atoms with Gasteiger partial charge in [-0.2, -0.15) is 0 Å². The first-order valence-corrected chi connectivity index (χ1v) is 10.3. The van der Waals surface area contributed by atoms with Crippen LogP contribution in [0.3, 0.4) is 0 Å². The molecule has 3 rings (SSSR count). The van der Waals surface area contributed by atoms with Crippen LogP contribution >= 0.6 is 11.8 Å². The predicted molar refractivity (Wildman–Crippen MR) is 118 cm³/mol. The lowest BCUT2D eigenvalue weighted by molar-refractivity contribution is -0.113. The van der Waals surface area contributed by atoms with Gasteiger partial charge in [0.25, 0.3) is 5.91 Å². The second-order valence-electron chi connectivity index (χ2n) is 6.48. The van der Waals surface area contributed by atoms with Gasteiger partial charge in [0.1, 0.15) is 5.03 Å². The van der Waals surface area contributed by atoms with Gasteiger partial charge in [-0.3, -0.25) is 9.59 Å². The van der Waals surface area contributed by atoms with E-state index >= 15 is 0 Å². The Morgan fingerprint density at radius 1 is 0.871 bits per heavy atom. The number of aryl methyl sites for hydroxylation is 1. The van der Waals surface area contributed by atoms with E-state index in [4.69, 9.17) is 0 Å². The minimum absolute atomic E-state index is 0.127. The van der Waals surface area contributed by atoms with Gasteiger partial charge in [-0.25, -0.2) is 4.79 Å². The molecule has 1 heterocycles. The van der Waals surface area contributed by atoms with E-state index in [0.717, 1.165) is 5.56 Å². The Balaban J connectivity index is 1.48. The topological polar surface area (TPSA) is 110 Å². The van der Waals surface area contributed by atoms with Crippen LogP contribution in [0.15, 0.2) is 65.7 Å². The van der Waals surface area contributed by atoms with Gasteiger partial charge in [0.15, 0.2) is 5.82 Å². The molecule has 0 radical (unpaired) electrons. The molecule has 0 saturated heterocycles. The van der Waals surface area contributed by atoms with E-state index in [2.05, 4.69) is 25.6 Å². The molecule has 0 aliphatic rings. The molecule has 158 valence electrons. The number of nitrogens with zero attached hydrogens (tertiary/aromatic N) is 2. The molecule has 2 aromatic carbocycles. The maximum Gasteiger partial charge on any atom is 0.337 e. The predicted octanol–water partition coefficient (Wildman–Crippen LogP) is 3.55. The first-order valence-electron chi connectivity index (χ1n) is 9.27. The number of amides is 2. The van der Waals surface area contributed by atoms with E-state index in [9.17, 15) is 14.4 Å². The van der Waals surface area contributed by atoms with E-state index in [1.807, 2.05) is 19.1 Å². The molecule has 0 fully saturated rings. The summed E-state index contributed by atoms with van der Waals surface area (Å²) >= 11 is 1.21. The smallest absolute Gasteiger partial charge is 0.337 e. The first-order chi connectivity index (χ1) is 14.9. The van der Waals surface area contributed by atoms with Gasteiger partial charge in [-0.1, -0.05) is 29.5 Å². The standard InChI is InChI=1S/C22H20N4O4S/c1-14-3-5-15(6-4-14)21(28)24-18-11-12-20(26-25-18)31-13-19(27)23-17-9-7-16(8-10-17)22(29)30-2/h3-12H,13H2,1-2H3,(H,23,27)(H,24,25,28). The number of nitrogens with one attached hydrogen (secondary N) is 2. The highest BCUT2D eigenvalue weighted by molar-refractivity contribution is 7.99. The number of aromatic nitrogens is 2. The number of anilines is 2. The quantitative estimate of drug-likeness (QED) is 0.430. The zero-order valence-corrected chi connectivity index (χ0v) is 17.7. The monoisotopic (exact) mass is 436 g/mol. The van der Waals surface area contributed by atoms with E-state index in [0.29, 0.717) is 27.7 Å². The third kappa shape index (κ3) is 6.38. The lowest BCUT2D eigenvalue weighted by Crippen LogP contribution is -2.15. The van der Waals surface area contributed by atoms with Gasteiger partial charge in [0.05, 0.1) is 18.4 Å². The van der Waals surface area contributed by atoms with Crippen LogP contribution in [0.2, 0.25) is 0 Å². The highest BCUT2D eigenvalue weighted by Crippen LogP contribution is 2.17. The second kappa shape index (κ2) is 10.4. The number of carbonyl (C=O) groups excluding carboxylic acids is 3. The molecule has 9 heteroatoms. The number of ether oxygens (including phenoxy) is 1. The van der Waals surface area contributed by atoms with Crippen LogP contribution in [0.25, 0.3) is 0 Å². The van der Waals surface area contributed by atoms with Crippen LogP contribution < -0.4 is 10.6 Å². The summed E-state index contributed by atoms with van der Waals surface area (Å²) in [5.74, 6) is -0.486. The maximum atomic E-state index is 12.2. The molecule has 0 bridgehead atoms. The second-order valence-corrected chi connectivity index (χ2v) is 7.48. The Morgan fingerprint density at radius 2 is 1.55 bits per heavy atom. The minimum Gasteiger partial charge on any atom is -0.465 e. The van der Waals surface area contributed by atoms with Crippen LogP contribution in [0.1, 0.15) is 26.3 Å². The molecule has 8 nitrogen and oxygen atoms in total. The van der Waals surface area contributed by atoms with Gasteiger partial charge in [0.2, 0.25) is 5.91 Å². The summed E-state index contributed by atoms with van der Waals surface area (Å²) in [6.07, 6.45) is 0. The zero-order valence-electron chi connectivity index (χ0n) is 16.9. The third-order valence-corrected chi connectivity index (χ3v) is 5.06. The number of hydrogen-bond donors (Lipinski definition) is 2. The Labute approximate surface area is 183 Å². The van der Waals surface area contributed by atoms with Gasteiger partial charge in [-0.15, -0.1) is 10.2 Å². The van der Waals surface area contributed by atoms with Crippen molar-refractivity contribution >= 4 is 41.1 Å². The number of thioether (sulfide) groups is 1. The summed E-state index contributed by atoms with van der Waals surface area (Å²) in [6.45, 7) is 1.95. The van der Waals surface area contributed by atoms with Crippen molar-refractivity contribution in [1.29, 1.82) is 0 Å². The SMILES string of the molecule is COC(=O)c1ccc(NC(=O)CSc2ccc(NC(=O)c3ccc(C)cc3)nn2)cc1. The lowest BCUT2D eigenvalue weighted by atomic mass is 10.1. The number of hydrogen-bond acceptors (Lipinski definition) is 7. The Morgan fingerprint density at radius 3 is 2.16 bits per heavy atom. The van der Waals surface area contributed by atoms with Crippen molar-refractivity contribution in [2.45, 2.75) is 11.9 Å². The van der Waals surface area contributed by atoms with Crippen molar-refractivity contribution in [2.24, 2.45) is 0 Å². The van der Waals surface area contributed by atoms with Crippen molar-refractivity contribution in [3.8, 4) is 0 Å². The van der Waals surface area contributed by atoms with Gasteiger partial charge < -0.3 is 15.4 Å². The Kier molecular flexibility index (Phi) is 7.34. The van der Waals surface area contributed by atoms with Crippen LogP contribution in [-0.4, -0.2) is 40.8 Å². The normalized spacial score (nSPS) is 10.3. The summed E-state index contributed by atoms with van der Waals surface area (Å²) < 4.78 is 4.64. The first kappa shape index (κ1) is 22.0. The number of esters is 1. The molecule has 0 aliphatic carbocycles. The Hall–Kier alpha value is -3.72. The van der Waals surface area contributed by atoms with E-state index in [-0.39, 0.29) is 17.6 Å². The largest absolute Gasteiger partial charge is 0.465 e. The molecule has 31 heavy (non-hydrogen) atoms. The molecule has 0 saturated carbocycles. The highest BCUT2D eigenvalue weighted by atomic mass is 32.2. The summed E-state index contributed by atoms with van der Waals surface area (Å²) in [7, 11) is 1.31. The zero-order chi connectivity index (χ0) is 22.2. The molecule has 1 aromatic heterocycles. The van der Waals surface area contributed by atoms with E-state index < -0.39 is 5.97 Å². The molecule has 2 amide bonds. The van der Waals surface area contributed by atoms with E-state index in [1.165, 1.54) is 18.9 Å². The molecule has 0 spiro atoms. The van der Waals surface area contributed by atoms with Crippen molar-refractivity contribution in [3.05, 3.63) is 77.4 Å². The molecular weight excluding hydrogens is 416 g/mol. The Bertz CT molecular complexity index is 1070. The van der Waals surface area contributed by atoms with Crippen molar-refractivity contribution in [3.63, 3.8) is 0 Å². The summed E-state index contributed by atoms with van der Waals surface area (Å²) in [4.78, 5) is 35.8. The molecular formula is C22H20N4O4S. The van der Waals surface area contributed by atoms with Gasteiger partial charge >= 0.3 is 5.97 Å². The number of benzene rings is 2. The number of carbonyl (C=O) groups is 3. The summed E-state index contributed by atoms with van der Waals surface area (Å²) in [5, 5.41) is 14.0. The lowest BCUT2D eigenvalue weighted by Gasteiger charge is -2.07. The molecule has 0 unspecified atom stereocenters. The van der Waals surface area contributed by atoms with Crippen molar-refractivity contribution < 1.29 is 19.1 Å². The fourth-order valence-electron chi connectivity index (χ4n) is 2.50. The van der Waals surface area contributed by atoms with Crippen molar-refractivity contribution in [1.82, 2.24) is 10.2 Å². The fraction of sp³-hybridized carbons (Fsp3) is 0.136.